The summed E-state index contributed by atoms with van der Waals surface area (Å²) in [5, 5.41) is 7.29. The Morgan fingerprint density at radius 3 is 3.00 bits per heavy atom. The van der Waals surface area contributed by atoms with Gasteiger partial charge in [0.2, 0.25) is 5.91 Å². The van der Waals surface area contributed by atoms with Crippen LogP contribution in [0.5, 0.6) is 0 Å². The highest BCUT2D eigenvalue weighted by Gasteiger charge is 2.26. The van der Waals surface area contributed by atoms with Crippen molar-refractivity contribution in [3.8, 4) is 0 Å². The van der Waals surface area contributed by atoms with Gasteiger partial charge in [-0.3, -0.25) is 9.48 Å². The van der Waals surface area contributed by atoms with E-state index in [0.717, 1.165) is 37.8 Å². The van der Waals surface area contributed by atoms with Crippen LogP contribution < -0.4 is 11.1 Å². The van der Waals surface area contributed by atoms with Crippen molar-refractivity contribution >= 4 is 5.91 Å². The van der Waals surface area contributed by atoms with Crippen LogP contribution in [0.15, 0.2) is 12.3 Å². The van der Waals surface area contributed by atoms with Crippen LogP contribution in [0.4, 0.5) is 0 Å². The summed E-state index contributed by atoms with van der Waals surface area (Å²) in [6.07, 6.45) is 8.05. The summed E-state index contributed by atoms with van der Waals surface area (Å²) in [6, 6.07) is 2.00. The van der Waals surface area contributed by atoms with Gasteiger partial charge in [-0.05, 0) is 18.9 Å². The number of nitrogens with zero attached hydrogens (tertiary/aromatic N) is 2. The first-order valence-electron chi connectivity index (χ1n) is 7.18. The quantitative estimate of drug-likeness (QED) is 0.796. The summed E-state index contributed by atoms with van der Waals surface area (Å²) in [4.78, 5) is 12.1. The smallest absolute Gasteiger partial charge is 0.224 e. The minimum Gasteiger partial charge on any atom is -0.355 e. The Kier molecular flexibility index (Phi) is 4.96. The van der Waals surface area contributed by atoms with Crippen molar-refractivity contribution < 1.29 is 4.79 Å². The lowest BCUT2D eigenvalue weighted by atomic mass is 9.94. The Labute approximate surface area is 114 Å². The normalized spacial score (nSPS) is 23.9. The molecule has 2 rings (SSSR count). The van der Waals surface area contributed by atoms with Crippen LogP contribution in [0.2, 0.25) is 0 Å². The number of carbonyl (C=O) groups excluding carboxylic acids is 1. The largest absolute Gasteiger partial charge is 0.355 e. The molecule has 3 N–H and O–H groups in total. The number of carbonyl (C=O) groups is 1. The summed E-state index contributed by atoms with van der Waals surface area (Å²) < 4.78 is 1.78. The van der Waals surface area contributed by atoms with E-state index in [1.165, 1.54) is 6.42 Å². The van der Waals surface area contributed by atoms with Crippen molar-refractivity contribution in [2.24, 2.45) is 18.7 Å². The molecule has 1 aliphatic carbocycles. The van der Waals surface area contributed by atoms with Crippen LogP contribution >= 0.6 is 0 Å². The molecule has 0 spiro atoms. The summed E-state index contributed by atoms with van der Waals surface area (Å²) >= 11 is 0. The molecule has 1 heterocycles. The molecule has 1 aromatic rings. The third kappa shape index (κ3) is 4.06. The SMILES string of the molecule is Cn1ccc(CCNC(=O)C2CCCCCC2N)n1. The van der Waals surface area contributed by atoms with Crippen LogP contribution in [-0.4, -0.2) is 28.3 Å². The molecule has 5 nitrogen and oxygen atoms in total. The van der Waals surface area contributed by atoms with E-state index in [0.29, 0.717) is 6.54 Å². The third-order valence-electron chi connectivity index (χ3n) is 3.86. The lowest BCUT2D eigenvalue weighted by Gasteiger charge is -2.20. The number of amides is 1. The number of rotatable bonds is 4. The molecular weight excluding hydrogens is 240 g/mol. The predicted molar refractivity (Wildman–Crippen MR) is 74.5 cm³/mol. The zero-order valence-electron chi connectivity index (χ0n) is 11.6. The van der Waals surface area contributed by atoms with E-state index in [9.17, 15) is 4.79 Å². The molecule has 2 unspecified atom stereocenters. The van der Waals surface area contributed by atoms with Crippen molar-refractivity contribution in [3.05, 3.63) is 18.0 Å². The molecule has 5 heteroatoms. The Bertz CT molecular complexity index is 415. The third-order valence-corrected chi connectivity index (χ3v) is 3.86. The molecule has 1 saturated carbocycles. The summed E-state index contributed by atoms with van der Waals surface area (Å²) in [6.45, 7) is 0.638. The van der Waals surface area contributed by atoms with Crippen LogP contribution in [-0.2, 0) is 18.3 Å². The average molecular weight is 264 g/mol. The van der Waals surface area contributed by atoms with Gasteiger partial charge in [-0.2, -0.15) is 5.10 Å². The maximum atomic E-state index is 12.1. The molecule has 0 aromatic carbocycles. The second-order valence-electron chi connectivity index (χ2n) is 5.43. The fraction of sp³-hybridized carbons (Fsp3) is 0.714. The van der Waals surface area contributed by atoms with E-state index in [2.05, 4.69) is 10.4 Å². The highest BCUT2D eigenvalue weighted by atomic mass is 16.1. The van der Waals surface area contributed by atoms with Crippen molar-refractivity contribution in [3.63, 3.8) is 0 Å². The van der Waals surface area contributed by atoms with E-state index >= 15 is 0 Å². The highest BCUT2D eigenvalue weighted by molar-refractivity contribution is 5.79. The van der Waals surface area contributed by atoms with Gasteiger partial charge in [0.15, 0.2) is 0 Å². The van der Waals surface area contributed by atoms with Gasteiger partial charge in [0.25, 0.3) is 0 Å². The number of aryl methyl sites for hydroxylation is 1. The summed E-state index contributed by atoms with van der Waals surface area (Å²) in [5.41, 5.74) is 7.10. The minimum atomic E-state index is -0.00812. The molecule has 0 bridgehead atoms. The van der Waals surface area contributed by atoms with E-state index < -0.39 is 0 Å². The first kappa shape index (κ1) is 14.1. The Balaban J connectivity index is 1.76. The van der Waals surface area contributed by atoms with E-state index in [1.807, 2.05) is 19.3 Å². The zero-order valence-corrected chi connectivity index (χ0v) is 11.6. The van der Waals surface area contributed by atoms with E-state index in [1.54, 1.807) is 4.68 Å². The molecule has 1 aromatic heterocycles. The number of aromatic nitrogens is 2. The fourth-order valence-electron chi connectivity index (χ4n) is 2.70. The van der Waals surface area contributed by atoms with Crippen LogP contribution in [0.1, 0.15) is 37.8 Å². The Morgan fingerprint density at radius 2 is 2.26 bits per heavy atom. The molecule has 1 amide bonds. The van der Waals surface area contributed by atoms with Crippen molar-refractivity contribution in [2.45, 2.75) is 44.6 Å². The van der Waals surface area contributed by atoms with Crippen molar-refractivity contribution in [2.75, 3.05) is 6.54 Å². The highest BCUT2D eigenvalue weighted by Crippen LogP contribution is 2.22. The molecule has 0 aliphatic heterocycles. The molecule has 1 fully saturated rings. The van der Waals surface area contributed by atoms with Gasteiger partial charge in [0.05, 0.1) is 11.6 Å². The number of hydrogen-bond donors (Lipinski definition) is 2. The van der Waals surface area contributed by atoms with E-state index in [-0.39, 0.29) is 17.9 Å². The monoisotopic (exact) mass is 264 g/mol. The molecule has 19 heavy (non-hydrogen) atoms. The molecule has 0 saturated heterocycles. The molecule has 1 aliphatic rings. The first-order chi connectivity index (χ1) is 9.16. The topological polar surface area (TPSA) is 72.9 Å². The first-order valence-corrected chi connectivity index (χ1v) is 7.18. The standard InChI is InChI=1S/C14H24N4O/c1-18-10-8-11(17-18)7-9-16-14(19)12-5-3-2-4-6-13(12)15/h8,10,12-13H,2-7,9,15H2,1H3,(H,16,19). The fourth-order valence-corrected chi connectivity index (χ4v) is 2.70. The number of nitrogens with two attached hydrogens (primary N) is 1. The summed E-state index contributed by atoms with van der Waals surface area (Å²) in [7, 11) is 1.90. The molecule has 106 valence electrons. The van der Waals surface area contributed by atoms with Gasteiger partial charge in [-0.15, -0.1) is 0 Å². The van der Waals surface area contributed by atoms with Crippen molar-refractivity contribution in [1.29, 1.82) is 0 Å². The predicted octanol–water partition coefficient (Wildman–Crippen LogP) is 0.986. The zero-order chi connectivity index (χ0) is 13.7. The van der Waals surface area contributed by atoms with Gasteiger partial charge >= 0.3 is 0 Å². The maximum absolute atomic E-state index is 12.1. The Morgan fingerprint density at radius 1 is 1.47 bits per heavy atom. The van der Waals surface area contributed by atoms with Gasteiger partial charge in [-0.25, -0.2) is 0 Å². The maximum Gasteiger partial charge on any atom is 0.224 e. The lowest BCUT2D eigenvalue weighted by molar-refractivity contribution is -0.125. The van der Waals surface area contributed by atoms with Crippen molar-refractivity contribution in [1.82, 2.24) is 15.1 Å². The van der Waals surface area contributed by atoms with Crippen LogP contribution in [0.3, 0.4) is 0 Å². The van der Waals surface area contributed by atoms with Gasteiger partial charge in [0, 0.05) is 32.3 Å². The van der Waals surface area contributed by atoms with E-state index in [4.69, 9.17) is 5.73 Å². The second-order valence-corrected chi connectivity index (χ2v) is 5.43. The second kappa shape index (κ2) is 6.70. The summed E-state index contributed by atoms with van der Waals surface area (Å²) in [5.74, 6) is 0.108. The van der Waals surface area contributed by atoms with Gasteiger partial charge < -0.3 is 11.1 Å². The van der Waals surface area contributed by atoms with Gasteiger partial charge in [0.1, 0.15) is 0 Å². The minimum absolute atomic E-state index is 0.00812. The Hall–Kier alpha value is -1.36. The van der Waals surface area contributed by atoms with Gasteiger partial charge in [-0.1, -0.05) is 19.3 Å². The average Bonchev–Trinajstić information content (AvgIpc) is 2.67. The van der Waals surface area contributed by atoms with Crippen LogP contribution in [0, 0.1) is 5.92 Å². The number of nitrogens with one attached hydrogen (secondary N) is 1. The molecular formula is C14H24N4O. The lowest BCUT2D eigenvalue weighted by Crippen LogP contribution is -2.41. The molecule has 2 atom stereocenters. The molecule has 0 radical (unpaired) electrons. The van der Waals surface area contributed by atoms with Crippen LogP contribution in [0.25, 0.3) is 0 Å². The number of hydrogen-bond acceptors (Lipinski definition) is 3.